The van der Waals surface area contributed by atoms with Crippen LogP contribution in [0.25, 0.3) is 0 Å². The highest BCUT2D eigenvalue weighted by Crippen LogP contribution is 2.33. The largest absolute Gasteiger partial charge is 0.120 e. The van der Waals surface area contributed by atoms with Gasteiger partial charge in [-0.1, -0.05) is 28.8 Å². The van der Waals surface area contributed by atoms with Gasteiger partial charge in [0.1, 0.15) is 0 Å². The number of rotatable bonds is 3. The molecule has 1 saturated carbocycles. The van der Waals surface area contributed by atoms with E-state index in [0.29, 0.717) is 0 Å². The molecule has 0 nitrogen and oxygen atoms in total. The minimum absolute atomic E-state index is 0.768. The summed E-state index contributed by atoms with van der Waals surface area (Å²) in [7, 11) is 0. The Kier molecular flexibility index (Phi) is 4.76. The van der Waals surface area contributed by atoms with Crippen LogP contribution in [0.3, 0.4) is 0 Å². The summed E-state index contributed by atoms with van der Waals surface area (Å²) in [6.45, 7) is 0. The van der Waals surface area contributed by atoms with E-state index in [-0.39, 0.29) is 0 Å². The average Bonchev–Trinajstić information content (AvgIpc) is 2.09. The van der Waals surface area contributed by atoms with Crippen LogP contribution in [0.1, 0.15) is 44.9 Å². The Bertz CT molecular complexity index is 157. The average molecular weight is 229 g/mol. The fourth-order valence-electron chi connectivity index (χ4n) is 1.95. The third kappa shape index (κ3) is 3.19. The maximum absolute atomic E-state index is 5.22. The molecule has 1 fully saturated rings. The minimum Gasteiger partial charge on any atom is -0.120 e. The Hall–Kier alpha value is 0.0400. The molecule has 0 heterocycles. The lowest BCUT2D eigenvalue weighted by Gasteiger charge is -2.26. The summed E-state index contributed by atoms with van der Waals surface area (Å²) < 4.78 is 0. The SMILES string of the molecule is C#CCCCC1CCCCC1Br. The van der Waals surface area contributed by atoms with Crippen molar-refractivity contribution in [2.75, 3.05) is 0 Å². The first-order valence-electron chi connectivity index (χ1n) is 4.92. The highest BCUT2D eigenvalue weighted by Gasteiger charge is 2.21. The molecule has 1 aliphatic rings. The standard InChI is InChI=1S/C11H17Br/c1-2-3-4-7-10-8-5-6-9-11(10)12/h1,10-11H,3-9H2. The van der Waals surface area contributed by atoms with Gasteiger partial charge in [-0.05, 0) is 31.6 Å². The second-order valence-corrected chi connectivity index (χ2v) is 4.83. The molecular formula is C11H17Br. The summed E-state index contributed by atoms with van der Waals surface area (Å²) in [5, 5.41) is 0. The lowest BCUT2D eigenvalue weighted by Crippen LogP contribution is -2.18. The quantitative estimate of drug-likeness (QED) is 0.393. The van der Waals surface area contributed by atoms with Gasteiger partial charge in [0.05, 0.1) is 0 Å². The number of alkyl halides is 1. The molecule has 12 heavy (non-hydrogen) atoms. The first-order chi connectivity index (χ1) is 5.84. The molecule has 0 saturated heterocycles. The van der Waals surface area contributed by atoms with Crippen molar-refractivity contribution in [3.8, 4) is 12.3 Å². The molecular weight excluding hydrogens is 212 g/mol. The highest BCUT2D eigenvalue weighted by atomic mass is 79.9. The van der Waals surface area contributed by atoms with E-state index in [1.54, 1.807) is 0 Å². The van der Waals surface area contributed by atoms with Crippen molar-refractivity contribution in [2.24, 2.45) is 5.92 Å². The summed E-state index contributed by atoms with van der Waals surface area (Å²) in [6, 6.07) is 0. The Morgan fingerprint density at radius 1 is 1.33 bits per heavy atom. The van der Waals surface area contributed by atoms with Gasteiger partial charge in [0.25, 0.3) is 0 Å². The van der Waals surface area contributed by atoms with E-state index in [1.165, 1.54) is 38.5 Å². The molecule has 1 rings (SSSR count). The summed E-state index contributed by atoms with van der Waals surface area (Å²) in [5.41, 5.74) is 0. The summed E-state index contributed by atoms with van der Waals surface area (Å²) in [4.78, 5) is 0.768. The van der Waals surface area contributed by atoms with Gasteiger partial charge in [0.15, 0.2) is 0 Å². The molecule has 0 spiro atoms. The van der Waals surface area contributed by atoms with E-state index in [4.69, 9.17) is 6.42 Å². The minimum atomic E-state index is 0.768. The molecule has 68 valence electrons. The van der Waals surface area contributed by atoms with E-state index < -0.39 is 0 Å². The molecule has 0 amide bonds. The van der Waals surface area contributed by atoms with Gasteiger partial charge >= 0.3 is 0 Å². The van der Waals surface area contributed by atoms with Gasteiger partial charge in [0.2, 0.25) is 0 Å². The molecule has 2 unspecified atom stereocenters. The smallest absolute Gasteiger partial charge is 0.0174 e. The van der Waals surface area contributed by atoms with Crippen molar-refractivity contribution in [1.82, 2.24) is 0 Å². The fourth-order valence-corrected chi connectivity index (χ4v) is 2.81. The normalized spacial score (nSPS) is 29.7. The predicted octanol–water partition coefficient (Wildman–Crippen LogP) is 3.74. The predicted molar refractivity (Wildman–Crippen MR) is 57.4 cm³/mol. The van der Waals surface area contributed by atoms with Crippen molar-refractivity contribution in [2.45, 2.75) is 49.8 Å². The monoisotopic (exact) mass is 228 g/mol. The zero-order chi connectivity index (χ0) is 8.81. The van der Waals surface area contributed by atoms with E-state index in [1.807, 2.05) is 0 Å². The van der Waals surface area contributed by atoms with Gasteiger partial charge in [-0.2, -0.15) is 0 Å². The molecule has 0 aromatic rings. The second kappa shape index (κ2) is 5.65. The fraction of sp³-hybridized carbons (Fsp3) is 0.818. The second-order valence-electron chi connectivity index (χ2n) is 3.66. The molecule has 0 N–H and O–H groups in total. The topological polar surface area (TPSA) is 0 Å². The Labute approximate surface area is 84.2 Å². The molecule has 1 aliphatic carbocycles. The van der Waals surface area contributed by atoms with Crippen LogP contribution in [-0.4, -0.2) is 4.83 Å². The lowest BCUT2D eigenvalue weighted by atomic mass is 9.86. The molecule has 0 radical (unpaired) electrons. The molecule has 1 heteroatoms. The van der Waals surface area contributed by atoms with Gasteiger partial charge in [-0.3, -0.25) is 0 Å². The lowest BCUT2D eigenvalue weighted by molar-refractivity contribution is 0.349. The van der Waals surface area contributed by atoms with E-state index in [9.17, 15) is 0 Å². The van der Waals surface area contributed by atoms with E-state index >= 15 is 0 Å². The van der Waals surface area contributed by atoms with Crippen molar-refractivity contribution in [3.63, 3.8) is 0 Å². The number of unbranched alkanes of at least 4 members (excludes halogenated alkanes) is 1. The zero-order valence-corrected chi connectivity index (χ0v) is 9.15. The molecule has 2 atom stereocenters. The van der Waals surface area contributed by atoms with Crippen LogP contribution in [0, 0.1) is 18.3 Å². The van der Waals surface area contributed by atoms with Crippen LogP contribution in [0.5, 0.6) is 0 Å². The Morgan fingerprint density at radius 2 is 2.08 bits per heavy atom. The summed E-state index contributed by atoms with van der Waals surface area (Å²) in [5.74, 6) is 3.60. The van der Waals surface area contributed by atoms with Crippen LogP contribution < -0.4 is 0 Å². The molecule has 0 aromatic heterocycles. The third-order valence-electron chi connectivity index (χ3n) is 2.71. The maximum atomic E-state index is 5.22. The Balaban J connectivity index is 2.16. The van der Waals surface area contributed by atoms with Gasteiger partial charge in [-0.25, -0.2) is 0 Å². The van der Waals surface area contributed by atoms with Gasteiger partial charge in [0, 0.05) is 11.2 Å². The van der Waals surface area contributed by atoms with Crippen molar-refractivity contribution < 1.29 is 0 Å². The number of halogens is 1. The molecule has 0 aromatic carbocycles. The van der Waals surface area contributed by atoms with E-state index in [0.717, 1.165) is 17.2 Å². The van der Waals surface area contributed by atoms with Crippen LogP contribution in [0.4, 0.5) is 0 Å². The first-order valence-corrected chi connectivity index (χ1v) is 5.83. The zero-order valence-electron chi connectivity index (χ0n) is 7.56. The summed E-state index contributed by atoms with van der Waals surface area (Å²) >= 11 is 3.76. The van der Waals surface area contributed by atoms with Crippen molar-refractivity contribution >= 4 is 15.9 Å². The van der Waals surface area contributed by atoms with Crippen LogP contribution in [0.2, 0.25) is 0 Å². The maximum Gasteiger partial charge on any atom is 0.0174 e. The van der Waals surface area contributed by atoms with Gasteiger partial charge < -0.3 is 0 Å². The van der Waals surface area contributed by atoms with Crippen molar-refractivity contribution in [3.05, 3.63) is 0 Å². The van der Waals surface area contributed by atoms with Gasteiger partial charge in [-0.15, -0.1) is 12.3 Å². The molecule has 0 bridgehead atoms. The van der Waals surface area contributed by atoms with Crippen LogP contribution >= 0.6 is 15.9 Å². The number of hydrogen-bond acceptors (Lipinski definition) is 0. The first kappa shape index (κ1) is 10.1. The van der Waals surface area contributed by atoms with Crippen molar-refractivity contribution in [1.29, 1.82) is 0 Å². The number of hydrogen-bond donors (Lipinski definition) is 0. The van der Waals surface area contributed by atoms with E-state index in [2.05, 4.69) is 21.9 Å². The molecule has 0 aliphatic heterocycles. The highest BCUT2D eigenvalue weighted by molar-refractivity contribution is 9.09. The van der Waals surface area contributed by atoms with Crippen LogP contribution in [0.15, 0.2) is 0 Å². The Morgan fingerprint density at radius 3 is 2.75 bits per heavy atom. The third-order valence-corrected chi connectivity index (χ3v) is 3.92. The summed E-state index contributed by atoms with van der Waals surface area (Å²) in [6.07, 6.45) is 14.3. The number of terminal acetylenes is 1. The van der Waals surface area contributed by atoms with Crippen LogP contribution in [-0.2, 0) is 0 Å².